The molecule has 2 aromatic rings. The van der Waals surface area contributed by atoms with Gasteiger partial charge in [0, 0.05) is 18.6 Å². The highest BCUT2D eigenvalue weighted by Gasteiger charge is 2.45. The molecule has 2 aliphatic rings. The average Bonchev–Trinajstić information content (AvgIpc) is 2.97. The number of rotatable bonds is 5. The van der Waals surface area contributed by atoms with Gasteiger partial charge in [0.1, 0.15) is 0 Å². The molecule has 29 heavy (non-hydrogen) atoms. The van der Waals surface area contributed by atoms with E-state index in [-0.39, 0.29) is 22.8 Å². The van der Waals surface area contributed by atoms with E-state index in [1.807, 2.05) is 12.1 Å². The second-order valence-electron chi connectivity index (χ2n) is 8.78. The Morgan fingerprint density at radius 1 is 1.00 bits per heavy atom. The van der Waals surface area contributed by atoms with Gasteiger partial charge in [-0.2, -0.15) is 0 Å². The molecule has 2 heterocycles. The third-order valence-corrected chi connectivity index (χ3v) is 6.85. The van der Waals surface area contributed by atoms with Gasteiger partial charge in [-0.05, 0) is 57.2 Å². The fraction of sp³-hybridized carbons (Fsp3) is 0.440. The zero-order valence-electron chi connectivity index (χ0n) is 17.5. The van der Waals surface area contributed by atoms with E-state index >= 15 is 0 Å². The SMILES string of the molecule is CCC1(C)CC(CCN2C(=O)c3ccccc3C2=O)(c2ccc(C)cc2)CCO1. The van der Waals surface area contributed by atoms with Gasteiger partial charge in [0.25, 0.3) is 11.8 Å². The highest BCUT2D eigenvalue weighted by Crippen LogP contribution is 2.45. The first-order valence-corrected chi connectivity index (χ1v) is 10.5. The molecule has 0 N–H and O–H groups in total. The van der Waals surface area contributed by atoms with Crippen molar-refractivity contribution in [2.75, 3.05) is 13.2 Å². The van der Waals surface area contributed by atoms with Crippen LogP contribution in [0.3, 0.4) is 0 Å². The number of hydrogen-bond acceptors (Lipinski definition) is 3. The van der Waals surface area contributed by atoms with Crippen molar-refractivity contribution >= 4 is 11.8 Å². The molecule has 1 fully saturated rings. The Morgan fingerprint density at radius 2 is 1.62 bits per heavy atom. The van der Waals surface area contributed by atoms with E-state index in [9.17, 15) is 9.59 Å². The number of amides is 2. The van der Waals surface area contributed by atoms with Gasteiger partial charge < -0.3 is 4.74 Å². The van der Waals surface area contributed by atoms with Crippen LogP contribution in [-0.2, 0) is 10.2 Å². The lowest BCUT2D eigenvalue weighted by Gasteiger charge is -2.47. The molecule has 2 unspecified atom stereocenters. The number of fused-ring (bicyclic) bond motifs is 1. The molecule has 0 aliphatic carbocycles. The third kappa shape index (κ3) is 3.51. The maximum atomic E-state index is 12.8. The number of imide groups is 1. The summed E-state index contributed by atoms with van der Waals surface area (Å²) in [7, 11) is 0. The Bertz CT molecular complexity index is 900. The molecule has 2 atom stereocenters. The quantitative estimate of drug-likeness (QED) is 0.681. The normalized spacial score (nSPS) is 26.7. The van der Waals surface area contributed by atoms with Crippen LogP contribution in [0.2, 0.25) is 0 Å². The molecule has 0 bridgehead atoms. The summed E-state index contributed by atoms with van der Waals surface area (Å²) in [5.41, 5.74) is 3.26. The number of nitrogens with zero attached hydrogens (tertiary/aromatic N) is 1. The standard InChI is InChI=1S/C25H29NO3/c1-4-24(3)17-25(14-16-29-24,19-11-9-18(2)10-12-19)13-15-26-22(27)20-7-5-6-8-21(20)23(26)28/h5-12H,4,13-17H2,1-3H3. The van der Waals surface area contributed by atoms with Crippen molar-refractivity contribution in [3.05, 3.63) is 70.8 Å². The van der Waals surface area contributed by atoms with Gasteiger partial charge in [-0.25, -0.2) is 0 Å². The summed E-state index contributed by atoms with van der Waals surface area (Å²) in [5.74, 6) is -0.343. The zero-order valence-corrected chi connectivity index (χ0v) is 17.5. The van der Waals surface area contributed by atoms with E-state index in [4.69, 9.17) is 4.74 Å². The van der Waals surface area contributed by atoms with Crippen molar-refractivity contribution in [1.82, 2.24) is 4.90 Å². The van der Waals surface area contributed by atoms with Crippen LogP contribution in [-0.4, -0.2) is 35.5 Å². The van der Waals surface area contributed by atoms with Gasteiger partial charge in [-0.15, -0.1) is 0 Å². The van der Waals surface area contributed by atoms with Crippen LogP contribution < -0.4 is 0 Å². The van der Waals surface area contributed by atoms with E-state index in [0.717, 1.165) is 25.7 Å². The maximum absolute atomic E-state index is 12.8. The molecule has 0 spiro atoms. The molecule has 2 aliphatic heterocycles. The molecule has 0 saturated carbocycles. The molecular weight excluding hydrogens is 362 g/mol. The highest BCUT2D eigenvalue weighted by atomic mass is 16.5. The van der Waals surface area contributed by atoms with E-state index in [2.05, 4.69) is 45.0 Å². The van der Waals surface area contributed by atoms with E-state index in [1.54, 1.807) is 12.1 Å². The maximum Gasteiger partial charge on any atom is 0.261 e. The summed E-state index contributed by atoms with van der Waals surface area (Å²) in [6.07, 6.45) is 3.48. The summed E-state index contributed by atoms with van der Waals surface area (Å²) >= 11 is 0. The summed E-state index contributed by atoms with van der Waals surface area (Å²) in [6.45, 7) is 7.56. The Labute approximate surface area is 172 Å². The second kappa shape index (κ2) is 7.42. The second-order valence-corrected chi connectivity index (χ2v) is 8.78. The van der Waals surface area contributed by atoms with Crippen LogP contribution in [0.4, 0.5) is 0 Å². The minimum atomic E-state index is -0.189. The fourth-order valence-corrected chi connectivity index (χ4v) is 4.85. The highest BCUT2D eigenvalue weighted by molar-refractivity contribution is 6.21. The first-order chi connectivity index (χ1) is 13.9. The molecular formula is C25H29NO3. The van der Waals surface area contributed by atoms with Crippen molar-refractivity contribution < 1.29 is 14.3 Å². The van der Waals surface area contributed by atoms with Gasteiger partial charge in [0.05, 0.1) is 16.7 Å². The molecule has 2 amide bonds. The Balaban J connectivity index is 1.63. The van der Waals surface area contributed by atoms with Gasteiger partial charge in [0.2, 0.25) is 0 Å². The van der Waals surface area contributed by atoms with Crippen LogP contribution in [0.15, 0.2) is 48.5 Å². The summed E-state index contributed by atoms with van der Waals surface area (Å²) in [4.78, 5) is 27.1. The molecule has 152 valence electrons. The van der Waals surface area contributed by atoms with Crippen molar-refractivity contribution in [2.24, 2.45) is 0 Å². The number of carbonyl (C=O) groups excluding carboxylic acids is 2. The van der Waals surface area contributed by atoms with E-state index in [0.29, 0.717) is 24.3 Å². The molecule has 0 aromatic heterocycles. The van der Waals surface area contributed by atoms with Gasteiger partial charge in [0.15, 0.2) is 0 Å². The molecule has 4 rings (SSSR count). The molecule has 2 aromatic carbocycles. The molecule has 4 nitrogen and oxygen atoms in total. The topological polar surface area (TPSA) is 46.6 Å². The van der Waals surface area contributed by atoms with Gasteiger partial charge in [-0.3, -0.25) is 14.5 Å². The number of benzene rings is 2. The van der Waals surface area contributed by atoms with Gasteiger partial charge >= 0.3 is 0 Å². The summed E-state index contributed by atoms with van der Waals surface area (Å²) in [5, 5.41) is 0. The Hall–Kier alpha value is -2.46. The van der Waals surface area contributed by atoms with Crippen LogP contribution >= 0.6 is 0 Å². The number of ether oxygens (including phenoxy) is 1. The molecule has 0 radical (unpaired) electrons. The largest absolute Gasteiger partial charge is 0.375 e. The van der Waals surface area contributed by atoms with Crippen molar-refractivity contribution in [2.45, 2.75) is 57.5 Å². The lowest BCUT2D eigenvalue weighted by Crippen LogP contribution is -2.47. The lowest BCUT2D eigenvalue weighted by molar-refractivity contribution is -0.0985. The first kappa shape index (κ1) is 19.8. The Kier molecular flexibility index (Phi) is 5.07. The van der Waals surface area contributed by atoms with Crippen molar-refractivity contribution in [1.29, 1.82) is 0 Å². The summed E-state index contributed by atoms with van der Waals surface area (Å²) in [6, 6.07) is 15.8. The average molecular weight is 392 g/mol. The predicted octanol–water partition coefficient (Wildman–Crippen LogP) is 4.90. The van der Waals surface area contributed by atoms with Gasteiger partial charge in [-0.1, -0.05) is 48.9 Å². The van der Waals surface area contributed by atoms with E-state index < -0.39 is 0 Å². The van der Waals surface area contributed by atoms with E-state index in [1.165, 1.54) is 16.0 Å². The number of carbonyl (C=O) groups is 2. The lowest BCUT2D eigenvalue weighted by atomic mass is 9.66. The zero-order chi connectivity index (χ0) is 20.6. The van der Waals surface area contributed by atoms with Crippen LogP contribution in [0.25, 0.3) is 0 Å². The first-order valence-electron chi connectivity index (χ1n) is 10.5. The number of aryl methyl sites for hydroxylation is 1. The van der Waals surface area contributed by atoms with Crippen molar-refractivity contribution in [3.63, 3.8) is 0 Å². The minimum Gasteiger partial charge on any atom is -0.375 e. The third-order valence-electron chi connectivity index (χ3n) is 6.85. The van der Waals surface area contributed by atoms with Crippen LogP contribution in [0.5, 0.6) is 0 Å². The smallest absolute Gasteiger partial charge is 0.261 e. The summed E-state index contributed by atoms with van der Waals surface area (Å²) < 4.78 is 6.13. The monoisotopic (exact) mass is 391 g/mol. The Morgan fingerprint density at radius 3 is 2.21 bits per heavy atom. The fourth-order valence-electron chi connectivity index (χ4n) is 4.85. The van der Waals surface area contributed by atoms with Crippen LogP contribution in [0.1, 0.15) is 71.4 Å². The molecule has 1 saturated heterocycles. The molecule has 4 heteroatoms. The van der Waals surface area contributed by atoms with Crippen molar-refractivity contribution in [3.8, 4) is 0 Å². The minimum absolute atomic E-state index is 0.105. The van der Waals surface area contributed by atoms with Crippen LogP contribution in [0, 0.1) is 6.92 Å². The predicted molar refractivity (Wildman–Crippen MR) is 113 cm³/mol. The number of hydrogen-bond donors (Lipinski definition) is 0.